The number of nitrogens with two attached hydrogens (primary N) is 1. The Morgan fingerprint density at radius 1 is 1.54 bits per heavy atom. The van der Waals surface area contributed by atoms with Crippen molar-refractivity contribution in [3.63, 3.8) is 0 Å². The summed E-state index contributed by atoms with van der Waals surface area (Å²) in [6.45, 7) is 2.29. The number of rotatable bonds is 3. The van der Waals surface area contributed by atoms with E-state index in [-0.39, 0.29) is 11.9 Å². The van der Waals surface area contributed by atoms with E-state index in [1.807, 2.05) is 6.92 Å². The number of halogens is 1. The Kier molecular flexibility index (Phi) is 3.39. The Bertz CT molecular complexity index is 288. The number of benzene rings is 1. The quantitative estimate of drug-likeness (QED) is 0.775. The van der Waals surface area contributed by atoms with E-state index in [0.717, 1.165) is 11.1 Å². The number of aryl methyl sites for hydroxylation is 1. The highest BCUT2D eigenvalue weighted by atomic mass is 19.1. The summed E-state index contributed by atoms with van der Waals surface area (Å²) in [4.78, 5) is 0. The summed E-state index contributed by atoms with van der Waals surface area (Å²) in [6, 6.07) is 4.42. The van der Waals surface area contributed by atoms with Crippen molar-refractivity contribution in [1.29, 1.82) is 0 Å². The van der Waals surface area contributed by atoms with Gasteiger partial charge in [-0.3, -0.25) is 0 Å². The molecule has 1 aromatic rings. The first-order valence-corrected chi connectivity index (χ1v) is 4.15. The highest BCUT2D eigenvalue weighted by Crippen LogP contribution is 2.16. The van der Waals surface area contributed by atoms with E-state index in [2.05, 4.69) is 0 Å². The van der Waals surface area contributed by atoms with Gasteiger partial charge in [0.15, 0.2) is 0 Å². The van der Waals surface area contributed by atoms with Gasteiger partial charge in [0, 0.05) is 7.11 Å². The van der Waals surface area contributed by atoms with Gasteiger partial charge in [0.1, 0.15) is 5.82 Å². The van der Waals surface area contributed by atoms with Crippen molar-refractivity contribution in [2.75, 3.05) is 13.7 Å². The molecular weight excluding hydrogens is 169 g/mol. The van der Waals surface area contributed by atoms with Gasteiger partial charge in [-0.2, -0.15) is 0 Å². The van der Waals surface area contributed by atoms with Crippen molar-refractivity contribution in [1.82, 2.24) is 0 Å². The largest absolute Gasteiger partial charge is 0.383 e. The van der Waals surface area contributed by atoms with Gasteiger partial charge in [-0.05, 0) is 30.2 Å². The third kappa shape index (κ3) is 2.50. The fourth-order valence-electron chi connectivity index (χ4n) is 1.32. The van der Waals surface area contributed by atoms with Crippen LogP contribution in [0.15, 0.2) is 18.2 Å². The lowest BCUT2D eigenvalue weighted by atomic mass is 10.0. The molecule has 0 heterocycles. The molecular formula is C10H14FNO. The lowest BCUT2D eigenvalue weighted by Crippen LogP contribution is -2.17. The average molecular weight is 183 g/mol. The fraction of sp³-hybridized carbons (Fsp3) is 0.400. The molecule has 0 aromatic heterocycles. The summed E-state index contributed by atoms with van der Waals surface area (Å²) >= 11 is 0. The van der Waals surface area contributed by atoms with E-state index in [0.29, 0.717) is 6.61 Å². The molecule has 13 heavy (non-hydrogen) atoms. The lowest BCUT2D eigenvalue weighted by molar-refractivity contribution is 0.180. The molecule has 0 saturated carbocycles. The van der Waals surface area contributed by atoms with Crippen molar-refractivity contribution in [2.24, 2.45) is 5.73 Å². The van der Waals surface area contributed by atoms with E-state index < -0.39 is 0 Å². The summed E-state index contributed by atoms with van der Waals surface area (Å²) in [6.07, 6.45) is 0. The Morgan fingerprint density at radius 3 is 2.77 bits per heavy atom. The van der Waals surface area contributed by atoms with Crippen molar-refractivity contribution in [2.45, 2.75) is 13.0 Å². The smallest absolute Gasteiger partial charge is 0.123 e. The summed E-state index contributed by atoms with van der Waals surface area (Å²) in [7, 11) is 1.60. The van der Waals surface area contributed by atoms with Gasteiger partial charge in [-0.1, -0.05) is 6.07 Å². The van der Waals surface area contributed by atoms with Crippen LogP contribution in [-0.2, 0) is 4.74 Å². The molecule has 0 spiro atoms. The molecule has 0 aliphatic heterocycles. The van der Waals surface area contributed by atoms with Gasteiger partial charge < -0.3 is 10.5 Å². The van der Waals surface area contributed by atoms with Crippen LogP contribution in [0.5, 0.6) is 0 Å². The molecule has 0 amide bonds. The minimum absolute atomic E-state index is 0.175. The molecule has 1 aromatic carbocycles. The lowest BCUT2D eigenvalue weighted by Gasteiger charge is -2.13. The molecule has 0 aliphatic carbocycles. The second-order valence-corrected chi connectivity index (χ2v) is 3.06. The maximum absolute atomic E-state index is 12.7. The van der Waals surface area contributed by atoms with Crippen LogP contribution in [-0.4, -0.2) is 13.7 Å². The zero-order valence-electron chi connectivity index (χ0n) is 7.88. The zero-order chi connectivity index (χ0) is 9.84. The van der Waals surface area contributed by atoms with E-state index in [1.54, 1.807) is 13.2 Å². The van der Waals surface area contributed by atoms with Gasteiger partial charge in [-0.15, -0.1) is 0 Å². The Morgan fingerprint density at radius 2 is 2.23 bits per heavy atom. The van der Waals surface area contributed by atoms with Crippen LogP contribution in [0, 0.1) is 12.7 Å². The number of hydrogen-bond acceptors (Lipinski definition) is 2. The SMILES string of the molecule is COCC(N)c1ccc(F)cc1C. The maximum Gasteiger partial charge on any atom is 0.123 e. The molecule has 0 saturated heterocycles. The number of hydrogen-bond donors (Lipinski definition) is 1. The fourth-order valence-corrected chi connectivity index (χ4v) is 1.32. The molecule has 0 bridgehead atoms. The van der Waals surface area contributed by atoms with Crippen molar-refractivity contribution in [3.8, 4) is 0 Å². The first-order chi connectivity index (χ1) is 6.15. The normalized spacial score (nSPS) is 12.9. The summed E-state index contributed by atoms with van der Waals surface area (Å²) < 4.78 is 17.6. The van der Waals surface area contributed by atoms with Crippen molar-refractivity contribution in [3.05, 3.63) is 35.1 Å². The highest BCUT2D eigenvalue weighted by Gasteiger charge is 2.08. The minimum atomic E-state index is -0.231. The molecule has 2 nitrogen and oxygen atoms in total. The Balaban J connectivity index is 2.88. The number of ether oxygens (including phenoxy) is 1. The van der Waals surface area contributed by atoms with Gasteiger partial charge in [0.25, 0.3) is 0 Å². The average Bonchev–Trinajstić information content (AvgIpc) is 2.04. The van der Waals surface area contributed by atoms with E-state index in [9.17, 15) is 4.39 Å². The Labute approximate surface area is 77.5 Å². The number of methoxy groups -OCH3 is 1. The highest BCUT2D eigenvalue weighted by molar-refractivity contribution is 5.29. The van der Waals surface area contributed by atoms with Crippen LogP contribution >= 0.6 is 0 Å². The third-order valence-electron chi connectivity index (χ3n) is 1.98. The summed E-state index contributed by atoms with van der Waals surface area (Å²) in [5.41, 5.74) is 7.61. The van der Waals surface area contributed by atoms with Crippen molar-refractivity contribution < 1.29 is 9.13 Å². The van der Waals surface area contributed by atoms with Gasteiger partial charge in [-0.25, -0.2) is 4.39 Å². The monoisotopic (exact) mass is 183 g/mol. The summed E-state index contributed by atoms with van der Waals surface area (Å²) in [5, 5.41) is 0. The van der Waals surface area contributed by atoms with Crippen LogP contribution in [0.2, 0.25) is 0 Å². The first kappa shape index (κ1) is 10.2. The van der Waals surface area contributed by atoms with Crippen LogP contribution in [0.3, 0.4) is 0 Å². The zero-order valence-corrected chi connectivity index (χ0v) is 7.88. The molecule has 0 aliphatic rings. The molecule has 3 heteroatoms. The van der Waals surface area contributed by atoms with Crippen LogP contribution in [0.1, 0.15) is 17.2 Å². The van der Waals surface area contributed by atoms with E-state index in [1.165, 1.54) is 12.1 Å². The van der Waals surface area contributed by atoms with E-state index >= 15 is 0 Å². The second-order valence-electron chi connectivity index (χ2n) is 3.06. The molecule has 0 fully saturated rings. The minimum Gasteiger partial charge on any atom is -0.383 e. The van der Waals surface area contributed by atoms with Crippen molar-refractivity contribution >= 4 is 0 Å². The Hall–Kier alpha value is -0.930. The predicted octanol–water partition coefficient (Wildman–Crippen LogP) is 1.78. The van der Waals surface area contributed by atoms with Crippen LogP contribution < -0.4 is 5.73 Å². The van der Waals surface area contributed by atoms with Gasteiger partial charge >= 0.3 is 0 Å². The maximum atomic E-state index is 12.7. The van der Waals surface area contributed by atoms with Gasteiger partial charge in [0.05, 0.1) is 12.6 Å². The molecule has 72 valence electrons. The molecule has 1 atom stereocenters. The molecule has 1 rings (SSSR count). The molecule has 0 radical (unpaired) electrons. The van der Waals surface area contributed by atoms with E-state index in [4.69, 9.17) is 10.5 Å². The first-order valence-electron chi connectivity index (χ1n) is 4.15. The van der Waals surface area contributed by atoms with Gasteiger partial charge in [0.2, 0.25) is 0 Å². The van der Waals surface area contributed by atoms with Crippen LogP contribution in [0.4, 0.5) is 4.39 Å². The third-order valence-corrected chi connectivity index (χ3v) is 1.98. The molecule has 2 N–H and O–H groups in total. The summed E-state index contributed by atoms with van der Waals surface area (Å²) in [5.74, 6) is -0.231. The second kappa shape index (κ2) is 4.35. The topological polar surface area (TPSA) is 35.2 Å². The standard InChI is InChI=1S/C10H14FNO/c1-7-5-8(11)3-4-9(7)10(12)6-13-2/h3-5,10H,6,12H2,1-2H3. The predicted molar refractivity (Wildman–Crippen MR) is 49.9 cm³/mol. The van der Waals surface area contributed by atoms with Crippen LogP contribution in [0.25, 0.3) is 0 Å². The molecule has 1 unspecified atom stereocenters.